The number of carboxylic acids is 7. The molecule has 43 nitrogen and oxygen atoms in total. The standard InChI is InChI=1S/C90H134N6O37/c1-49-37-50(2)39-71(128-6)83-72(129-7)41-52(4)90(127,133-83)84(121)88(125)96-32-9-8-12-63(96)89(126)132-82(51(3)40-54-14-22-64(98)70(104)42-54)53(5)65(99)47-67(101)55(38-49)11-10-13-73(105)91-30-33-130-35-36-131-34-31-92-74(106)23-19-60(97)43-56(15-24-75(107)108)66(100)44-58(17-26-77(111)112)86(123)94-62(21-29-80(117)118)69(103)46-59(18-27-78(113)114)87(124)95-61(20-28-79(115)116)68(102)45-57(16-25-76(109)110)85(122)93-48-81(119)120/h10,13,38,40,50,52-59,61-65,70-72,82-83,98-99,104,127H,8-9,11-12,14-37,39,41-48H2,1-7H3,(H,91,105)(H,92,106)(H,93,122)(H,94,123)(H,95,124)(H,107,108)(H,109,110)(H,111,112)(H,113,114)(H,115,116)(H,117,118)(H,119,120)/b13-10+,49-38+,51-40+/t50-,52+,53+,54-,55+,56?,57?,58?,59?,61?,62?,63-,64+,65-,70+,71-,72-,82+,83+,90+/m0/s1. The molecule has 43 heteroatoms. The molecule has 6 amide bonds. The van der Waals surface area contributed by atoms with E-state index in [4.69, 9.17) is 33.5 Å². The van der Waals surface area contributed by atoms with Gasteiger partial charge < -0.3 is 116 Å². The summed E-state index contributed by atoms with van der Waals surface area (Å²) in [7, 11) is 2.89. The van der Waals surface area contributed by atoms with E-state index in [0.29, 0.717) is 31.3 Å². The lowest BCUT2D eigenvalue weighted by Crippen LogP contribution is -2.64. The second-order valence-electron chi connectivity index (χ2n) is 34.9. The van der Waals surface area contributed by atoms with Gasteiger partial charge in [-0.25, -0.2) is 4.79 Å². The number of allylic oxidation sites excluding steroid dienone is 4. The van der Waals surface area contributed by atoms with Gasteiger partial charge in [0, 0.05) is 159 Å². The Bertz CT molecular complexity index is 4130. The quantitative estimate of drug-likeness (QED) is 0.0136. The zero-order chi connectivity index (χ0) is 99.5. The lowest BCUT2D eigenvalue weighted by molar-refractivity contribution is -0.302. The minimum atomic E-state index is -2.66. The van der Waals surface area contributed by atoms with Crippen LogP contribution in [0, 0.1) is 53.3 Å². The number of ether oxygens (including phenoxy) is 6. The number of fused-ring (bicyclic) bond motifs is 3. The SMILES string of the molecule is CO[C@H]1C[C@@H](C)C/C(C)=C/[C@@H](C/C=C/C(=O)NCCOCCOCCNC(=O)CCC(=O)CC(CCC(=O)O)C(=O)CC(CCC(=O)O)C(=O)NC(CCC(=O)O)C(=O)CC(CCC(=O)O)C(=O)NC(CCC(=O)O)C(=O)CC(CCC(=O)O)C(=O)NCC(=O)O)C(=O)C[C@H](O)[C@@H](C)[C@@H](/C(C)=C/[C@@H]2CC[C@@H](O)[C@H](O)C2)OC(=O)[C@@H]2CCCCN2C(=O)C(=O)[C@]2(O)O[C@H]1[C@@H](OC)C[C@H]2C. The van der Waals surface area contributed by atoms with Gasteiger partial charge in [0.25, 0.3) is 11.7 Å². The van der Waals surface area contributed by atoms with E-state index in [0.717, 1.165) is 10.5 Å². The van der Waals surface area contributed by atoms with Crippen LogP contribution in [-0.2, 0) is 124 Å². The molecule has 1 aliphatic carbocycles. The number of ketones is 6. The number of esters is 1. The second kappa shape index (κ2) is 58.6. The minimum Gasteiger partial charge on any atom is -0.481 e. The van der Waals surface area contributed by atoms with Gasteiger partial charge in [0.15, 0.2) is 11.6 Å². The Morgan fingerprint density at radius 3 is 1.57 bits per heavy atom. The number of piperidine rings is 1. The molecule has 3 heterocycles. The highest BCUT2D eigenvalue weighted by Gasteiger charge is 2.57. The van der Waals surface area contributed by atoms with Crippen molar-refractivity contribution in [3.05, 3.63) is 35.5 Å². The maximum absolute atomic E-state index is 14.6. The van der Waals surface area contributed by atoms with Crippen LogP contribution in [0.5, 0.6) is 0 Å². The summed E-state index contributed by atoms with van der Waals surface area (Å²) in [6.07, 6.45) is -11.5. The number of amides is 6. The highest BCUT2D eigenvalue weighted by atomic mass is 16.7. The van der Waals surface area contributed by atoms with E-state index < -0.39 is 355 Å². The predicted molar refractivity (Wildman–Crippen MR) is 462 cm³/mol. The molecule has 0 aromatic heterocycles. The Morgan fingerprint density at radius 1 is 0.549 bits per heavy atom. The first-order chi connectivity index (χ1) is 62.7. The van der Waals surface area contributed by atoms with Gasteiger partial charge in [-0.3, -0.25) is 91.1 Å². The number of hydrogen-bond acceptors (Lipinski definition) is 30. The molecule has 4 rings (SSSR count). The molecule has 3 aliphatic heterocycles. The normalized spacial score (nSPS) is 25.3. The van der Waals surface area contributed by atoms with Gasteiger partial charge >= 0.3 is 47.8 Å². The molecular weight excluding hydrogens is 1760 g/mol. The maximum atomic E-state index is 14.6. The van der Waals surface area contributed by atoms with Crippen molar-refractivity contribution in [2.24, 2.45) is 53.3 Å². The summed E-state index contributed by atoms with van der Waals surface area (Å²) in [6.45, 7) is 7.59. The highest BCUT2D eigenvalue weighted by molar-refractivity contribution is 6.39. The molecule has 6 unspecified atom stereocenters. The largest absolute Gasteiger partial charge is 0.481 e. The van der Waals surface area contributed by atoms with E-state index in [-0.39, 0.29) is 96.4 Å². The first kappa shape index (κ1) is 115. The highest BCUT2D eigenvalue weighted by Crippen LogP contribution is 2.40. The van der Waals surface area contributed by atoms with Gasteiger partial charge in [0.05, 0.1) is 69.0 Å². The molecule has 3 fully saturated rings. The first-order valence-corrected chi connectivity index (χ1v) is 45.0. The summed E-state index contributed by atoms with van der Waals surface area (Å²) >= 11 is 0. The molecule has 1 saturated carbocycles. The predicted octanol–water partition coefficient (Wildman–Crippen LogP) is 2.06. The van der Waals surface area contributed by atoms with Crippen molar-refractivity contribution in [2.75, 3.05) is 66.8 Å². The summed E-state index contributed by atoms with van der Waals surface area (Å²) in [5.41, 5.74) is 1.20. The van der Waals surface area contributed by atoms with Crippen LogP contribution in [0.2, 0.25) is 0 Å². The molecular formula is C90H134N6O37. The van der Waals surface area contributed by atoms with E-state index in [2.05, 4.69) is 21.3 Å². The summed E-state index contributed by atoms with van der Waals surface area (Å²) in [6, 6.07) is -5.00. The summed E-state index contributed by atoms with van der Waals surface area (Å²) in [5, 5.41) is 123. The number of aliphatic carboxylic acids is 7. The smallest absolute Gasteiger partial charge is 0.329 e. The number of Topliss-reactive ketones (excluding diaryl/α,β-unsaturated/α-hetero) is 6. The summed E-state index contributed by atoms with van der Waals surface area (Å²) in [5.74, 6) is -35.1. The number of carbonyl (C=O) groups is 20. The van der Waals surface area contributed by atoms with Gasteiger partial charge in [-0.15, -0.1) is 0 Å². The fourth-order valence-corrected chi connectivity index (χ4v) is 16.7. The van der Waals surface area contributed by atoms with Crippen molar-refractivity contribution < 1.29 is 180 Å². The van der Waals surface area contributed by atoms with Crippen LogP contribution >= 0.6 is 0 Å². The number of nitrogens with one attached hydrogen (secondary N) is 5. The van der Waals surface area contributed by atoms with Crippen molar-refractivity contribution in [3.8, 4) is 0 Å². The zero-order valence-corrected chi connectivity index (χ0v) is 76.4. The van der Waals surface area contributed by atoms with Crippen molar-refractivity contribution in [3.63, 3.8) is 0 Å². The van der Waals surface area contributed by atoms with Crippen LogP contribution in [0.15, 0.2) is 35.5 Å². The Hall–Kier alpha value is -10.5. The van der Waals surface area contributed by atoms with Crippen molar-refractivity contribution in [1.29, 1.82) is 0 Å². The average Bonchev–Trinajstić information content (AvgIpc) is 0.825. The van der Waals surface area contributed by atoms with Crippen LogP contribution in [0.25, 0.3) is 0 Å². The molecule has 0 spiro atoms. The van der Waals surface area contributed by atoms with E-state index in [1.54, 1.807) is 32.9 Å². The number of carbonyl (C=O) groups excluding carboxylic acids is 13. The number of nitrogens with zero attached hydrogens (tertiary/aromatic N) is 1. The third-order valence-electron chi connectivity index (χ3n) is 24.3. The van der Waals surface area contributed by atoms with Crippen molar-refractivity contribution >= 4 is 118 Å². The number of aliphatic hydroxyl groups is 4. The fraction of sp³-hybridized carbons (Fsp3) is 0.711. The average molecular weight is 1890 g/mol. The number of rotatable bonds is 55. The summed E-state index contributed by atoms with van der Waals surface area (Å²) < 4.78 is 35.5. The molecule has 20 atom stereocenters. The number of hydrogen-bond donors (Lipinski definition) is 16. The molecule has 16 N–H and O–H groups in total. The summed E-state index contributed by atoms with van der Waals surface area (Å²) in [4.78, 5) is 263. The third kappa shape index (κ3) is 41.1. The first-order valence-electron chi connectivity index (χ1n) is 45.0. The van der Waals surface area contributed by atoms with E-state index in [1.807, 2.05) is 19.2 Å². The van der Waals surface area contributed by atoms with Crippen LogP contribution in [-0.4, -0.2) is 312 Å². The van der Waals surface area contributed by atoms with E-state index in [1.165, 1.54) is 26.4 Å². The molecule has 0 radical (unpaired) electrons. The van der Waals surface area contributed by atoms with Crippen LogP contribution in [0.3, 0.4) is 0 Å². The molecule has 0 aromatic carbocycles. The van der Waals surface area contributed by atoms with Gasteiger partial charge in [0.1, 0.15) is 42.1 Å². The molecule has 746 valence electrons. The van der Waals surface area contributed by atoms with E-state index in [9.17, 15) is 147 Å². The van der Waals surface area contributed by atoms with Gasteiger partial charge in [-0.1, -0.05) is 44.6 Å². The number of cyclic esters (lactones) is 1. The fourth-order valence-electron chi connectivity index (χ4n) is 16.7. The number of carboxylic acid groups (broad SMARTS) is 7. The molecule has 4 aliphatic rings. The van der Waals surface area contributed by atoms with E-state index >= 15 is 0 Å². The molecule has 2 saturated heterocycles. The van der Waals surface area contributed by atoms with Crippen molar-refractivity contribution in [2.45, 2.75) is 287 Å². The van der Waals surface area contributed by atoms with Crippen LogP contribution in [0.1, 0.15) is 221 Å². The second-order valence-corrected chi connectivity index (χ2v) is 34.9. The molecule has 133 heavy (non-hydrogen) atoms. The van der Waals surface area contributed by atoms with Crippen LogP contribution in [0.4, 0.5) is 0 Å². The topological polar surface area (TPSA) is 683 Å². The number of methoxy groups -OCH3 is 2. The van der Waals surface area contributed by atoms with Gasteiger partial charge in [-0.2, -0.15) is 0 Å². The van der Waals surface area contributed by atoms with Gasteiger partial charge in [-0.05, 0) is 140 Å². The Balaban J connectivity index is 1.38. The number of aliphatic hydroxyl groups excluding tert-OH is 3. The zero-order valence-electron chi connectivity index (χ0n) is 76.4. The van der Waals surface area contributed by atoms with Gasteiger partial charge in [0.2, 0.25) is 35.3 Å². The molecule has 0 aromatic rings. The third-order valence-corrected chi connectivity index (χ3v) is 24.3. The molecule has 2 bridgehead atoms. The van der Waals surface area contributed by atoms with Crippen LogP contribution < -0.4 is 26.6 Å². The monoisotopic (exact) mass is 1890 g/mol. The lowest BCUT2D eigenvalue weighted by atomic mass is 9.81. The Labute approximate surface area is 769 Å². The lowest BCUT2D eigenvalue weighted by Gasteiger charge is -2.47. The Morgan fingerprint density at radius 2 is 1.05 bits per heavy atom. The minimum absolute atomic E-state index is 0.00587. The Kier molecular flexibility index (Phi) is 50.5. The van der Waals surface area contributed by atoms with Crippen molar-refractivity contribution in [1.82, 2.24) is 31.5 Å². The maximum Gasteiger partial charge on any atom is 0.329 e.